The molecule has 0 aliphatic carbocycles. The van der Waals surface area contributed by atoms with Crippen molar-refractivity contribution in [3.8, 4) is 0 Å². The first kappa shape index (κ1) is 12.1. The lowest BCUT2D eigenvalue weighted by molar-refractivity contribution is 0.104. The normalized spacial score (nSPS) is 18.6. The van der Waals surface area contributed by atoms with Crippen LogP contribution in [0.4, 0.5) is 10.5 Å². The number of ether oxygens (including phenoxy) is 1. The molecule has 92 valence electrons. The summed E-state index contributed by atoms with van der Waals surface area (Å²) in [5, 5.41) is 3.28. The van der Waals surface area contributed by atoms with Crippen LogP contribution in [0.5, 0.6) is 0 Å². The first-order valence-electron chi connectivity index (χ1n) is 6.10. The maximum atomic E-state index is 12.2. The Balaban J connectivity index is 2.33. The van der Waals surface area contributed by atoms with Crippen molar-refractivity contribution in [2.45, 2.75) is 6.92 Å². The molecular formula is C13H19N2O2+. The van der Waals surface area contributed by atoms with Crippen LogP contribution in [0.25, 0.3) is 0 Å². The Kier molecular flexibility index (Phi) is 3.76. The van der Waals surface area contributed by atoms with Gasteiger partial charge in [0.2, 0.25) is 0 Å². The van der Waals surface area contributed by atoms with Crippen LogP contribution in [0.2, 0.25) is 0 Å². The van der Waals surface area contributed by atoms with Crippen molar-refractivity contribution in [2.75, 3.05) is 32.8 Å². The molecule has 0 aromatic heterocycles. The second-order valence-corrected chi connectivity index (χ2v) is 4.20. The molecule has 1 fully saturated rings. The van der Waals surface area contributed by atoms with Crippen molar-refractivity contribution < 1.29 is 9.53 Å². The number of rotatable bonds is 2. The van der Waals surface area contributed by atoms with Gasteiger partial charge in [0.1, 0.15) is 18.8 Å². The van der Waals surface area contributed by atoms with Gasteiger partial charge in [0.05, 0.1) is 6.61 Å². The second-order valence-electron chi connectivity index (χ2n) is 4.20. The Hall–Kier alpha value is -1.39. The van der Waals surface area contributed by atoms with Crippen LogP contribution in [-0.4, -0.2) is 38.9 Å². The van der Waals surface area contributed by atoms with Crippen LogP contribution in [0.1, 0.15) is 6.92 Å². The minimum Gasteiger partial charge on any atom is -0.420 e. The summed E-state index contributed by atoms with van der Waals surface area (Å²) in [5.41, 5.74) is 1.02. The highest BCUT2D eigenvalue weighted by Gasteiger charge is 2.42. The Morgan fingerprint density at radius 1 is 1.29 bits per heavy atom. The standard InChI is InChI=1S/C13H19N2O2/c1-2-17-13(16)15(10-8-14-9-11-15)12-6-4-3-5-7-12/h3-7,14H,2,8-11H2,1H3/q+1. The largest absolute Gasteiger partial charge is 0.521 e. The SMILES string of the molecule is CCOC(=O)[N+]1(c2ccccc2)CCNCC1. The van der Waals surface area contributed by atoms with Crippen LogP contribution in [-0.2, 0) is 4.74 Å². The highest BCUT2D eigenvalue weighted by molar-refractivity contribution is 5.82. The summed E-state index contributed by atoms with van der Waals surface area (Å²) in [4.78, 5) is 12.2. The molecule has 0 radical (unpaired) electrons. The van der Waals surface area contributed by atoms with E-state index in [9.17, 15) is 4.79 Å². The molecule has 0 spiro atoms. The number of hydrogen-bond donors (Lipinski definition) is 1. The number of carbonyl (C=O) groups excluding carboxylic acids is 1. The van der Waals surface area contributed by atoms with E-state index in [1.54, 1.807) is 0 Å². The molecule has 1 aromatic carbocycles. The van der Waals surface area contributed by atoms with Crippen LogP contribution >= 0.6 is 0 Å². The number of benzene rings is 1. The average molecular weight is 235 g/mol. The molecule has 0 atom stereocenters. The van der Waals surface area contributed by atoms with Gasteiger partial charge in [0.15, 0.2) is 0 Å². The van der Waals surface area contributed by atoms with E-state index in [0.717, 1.165) is 31.9 Å². The molecule has 0 saturated carbocycles. The van der Waals surface area contributed by atoms with Gasteiger partial charge in [-0.3, -0.25) is 0 Å². The lowest BCUT2D eigenvalue weighted by Gasteiger charge is -2.36. The lowest BCUT2D eigenvalue weighted by Crippen LogP contribution is -2.63. The molecule has 0 unspecified atom stereocenters. The fraction of sp³-hybridized carbons (Fsp3) is 0.462. The Morgan fingerprint density at radius 3 is 2.53 bits per heavy atom. The van der Waals surface area contributed by atoms with Crippen LogP contribution < -0.4 is 9.80 Å². The zero-order valence-electron chi connectivity index (χ0n) is 10.2. The first-order valence-corrected chi connectivity index (χ1v) is 6.10. The number of nitrogens with zero attached hydrogens (tertiary/aromatic N) is 1. The van der Waals surface area contributed by atoms with Gasteiger partial charge < -0.3 is 10.1 Å². The van der Waals surface area contributed by atoms with Crippen molar-refractivity contribution in [3.05, 3.63) is 30.3 Å². The van der Waals surface area contributed by atoms with Crippen molar-refractivity contribution in [2.24, 2.45) is 0 Å². The molecule has 1 N–H and O–H groups in total. The predicted molar refractivity (Wildman–Crippen MR) is 67.9 cm³/mol. The summed E-state index contributed by atoms with van der Waals surface area (Å²) in [6, 6.07) is 9.91. The number of amides is 1. The van der Waals surface area contributed by atoms with E-state index in [1.165, 1.54) is 0 Å². The van der Waals surface area contributed by atoms with E-state index in [-0.39, 0.29) is 6.09 Å². The Labute approximate surface area is 102 Å². The highest BCUT2D eigenvalue weighted by Crippen LogP contribution is 2.25. The van der Waals surface area contributed by atoms with Crippen molar-refractivity contribution in [1.29, 1.82) is 0 Å². The predicted octanol–water partition coefficient (Wildman–Crippen LogP) is 1.75. The summed E-state index contributed by atoms with van der Waals surface area (Å²) in [6.07, 6.45) is -0.139. The fourth-order valence-electron chi connectivity index (χ4n) is 2.28. The van der Waals surface area contributed by atoms with E-state index < -0.39 is 0 Å². The quantitative estimate of drug-likeness (QED) is 0.794. The Morgan fingerprint density at radius 2 is 1.94 bits per heavy atom. The second kappa shape index (κ2) is 5.29. The number of para-hydroxylation sites is 1. The molecule has 1 aliphatic rings. The van der Waals surface area contributed by atoms with Gasteiger partial charge in [-0.1, -0.05) is 18.2 Å². The minimum absolute atomic E-state index is 0.139. The van der Waals surface area contributed by atoms with Crippen molar-refractivity contribution >= 4 is 11.8 Å². The van der Waals surface area contributed by atoms with E-state index in [0.29, 0.717) is 11.1 Å². The molecule has 1 amide bonds. The van der Waals surface area contributed by atoms with E-state index in [4.69, 9.17) is 4.74 Å². The third kappa shape index (κ3) is 2.33. The van der Waals surface area contributed by atoms with Crippen LogP contribution in [0.3, 0.4) is 0 Å². The van der Waals surface area contributed by atoms with Gasteiger partial charge in [0.25, 0.3) is 0 Å². The number of hydrogen-bond acceptors (Lipinski definition) is 3. The molecule has 17 heavy (non-hydrogen) atoms. The maximum absolute atomic E-state index is 12.2. The smallest absolute Gasteiger partial charge is 0.420 e. The molecule has 1 aliphatic heterocycles. The monoisotopic (exact) mass is 235 g/mol. The molecule has 4 nitrogen and oxygen atoms in total. The minimum atomic E-state index is -0.139. The van der Waals surface area contributed by atoms with E-state index in [1.807, 2.05) is 37.3 Å². The third-order valence-electron chi connectivity index (χ3n) is 3.21. The summed E-state index contributed by atoms with van der Waals surface area (Å²) in [7, 11) is 0. The molecule has 1 saturated heterocycles. The fourth-order valence-corrected chi connectivity index (χ4v) is 2.28. The Bertz CT molecular complexity index is 372. The molecular weight excluding hydrogens is 216 g/mol. The van der Waals surface area contributed by atoms with Gasteiger partial charge in [0, 0.05) is 13.1 Å². The van der Waals surface area contributed by atoms with Crippen molar-refractivity contribution in [1.82, 2.24) is 9.80 Å². The van der Waals surface area contributed by atoms with Gasteiger partial charge in [-0.05, 0) is 19.1 Å². The summed E-state index contributed by atoms with van der Waals surface area (Å²) in [6.45, 7) is 5.47. The molecule has 2 rings (SSSR count). The third-order valence-corrected chi connectivity index (χ3v) is 3.21. The summed E-state index contributed by atoms with van der Waals surface area (Å²) < 4.78 is 5.55. The number of quaternary nitrogens is 1. The zero-order valence-corrected chi connectivity index (χ0v) is 10.2. The molecule has 0 bridgehead atoms. The average Bonchev–Trinajstić information content (AvgIpc) is 2.41. The first-order chi connectivity index (χ1) is 8.29. The van der Waals surface area contributed by atoms with Gasteiger partial charge in [-0.15, -0.1) is 0 Å². The van der Waals surface area contributed by atoms with Crippen LogP contribution in [0, 0.1) is 0 Å². The van der Waals surface area contributed by atoms with Gasteiger partial charge in [-0.2, -0.15) is 9.28 Å². The molecule has 1 heterocycles. The highest BCUT2D eigenvalue weighted by atomic mass is 16.6. The lowest BCUT2D eigenvalue weighted by atomic mass is 10.2. The van der Waals surface area contributed by atoms with Crippen molar-refractivity contribution in [3.63, 3.8) is 0 Å². The maximum Gasteiger partial charge on any atom is 0.521 e. The topological polar surface area (TPSA) is 38.3 Å². The zero-order chi connectivity index (χ0) is 12.1. The van der Waals surface area contributed by atoms with E-state index >= 15 is 0 Å². The van der Waals surface area contributed by atoms with Crippen LogP contribution in [0.15, 0.2) is 30.3 Å². The van der Waals surface area contributed by atoms with Gasteiger partial charge >= 0.3 is 6.09 Å². The molecule has 1 aromatic rings. The van der Waals surface area contributed by atoms with Gasteiger partial charge in [-0.25, -0.2) is 0 Å². The molecule has 4 heteroatoms. The summed E-state index contributed by atoms with van der Waals surface area (Å²) in [5.74, 6) is 0. The number of piperazine rings is 1. The van der Waals surface area contributed by atoms with E-state index in [2.05, 4.69) is 5.32 Å². The summed E-state index contributed by atoms with van der Waals surface area (Å²) >= 11 is 0. The number of carbonyl (C=O) groups is 1. The number of nitrogens with one attached hydrogen (secondary N) is 1.